The van der Waals surface area contributed by atoms with Crippen LogP contribution in [0.3, 0.4) is 0 Å². The summed E-state index contributed by atoms with van der Waals surface area (Å²) in [5.41, 5.74) is 1.30. The van der Waals surface area contributed by atoms with Crippen LogP contribution in [0, 0.1) is 0 Å². The Morgan fingerprint density at radius 2 is 1.52 bits per heavy atom. The molecule has 0 saturated carbocycles. The highest BCUT2D eigenvalue weighted by atomic mass is 35.5. The third kappa shape index (κ3) is 3.55. The first-order valence-electron chi connectivity index (χ1n) is 8.38. The van der Waals surface area contributed by atoms with Crippen LogP contribution >= 0.6 is 23.2 Å². The van der Waals surface area contributed by atoms with E-state index in [1.807, 2.05) is 42.5 Å². The van der Waals surface area contributed by atoms with Gasteiger partial charge in [-0.05, 0) is 47.2 Å². The van der Waals surface area contributed by atoms with Crippen LogP contribution in [0.4, 0.5) is 0 Å². The molecule has 2 nitrogen and oxygen atoms in total. The lowest BCUT2D eigenvalue weighted by Crippen LogP contribution is -1.95. The second-order valence-electron chi connectivity index (χ2n) is 6.02. The summed E-state index contributed by atoms with van der Waals surface area (Å²) in [5, 5.41) is 2.99. The van der Waals surface area contributed by atoms with E-state index in [1.165, 1.54) is 6.08 Å². The Kier molecular flexibility index (Phi) is 4.85. The largest absolute Gasteiger partial charge is 0.457 e. The van der Waals surface area contributed by atoms with Crippen LogP contribution < -0.4 is 0 Å². The van der Waals surface area contributed by atoms with Gasteiger partial charge < -0.3 is 4.42 Å². The number of carbonyl (C=O) groups is 1. The molecule has 0 amide bonds. The molecule has 0 unspecified atom stereocenters. The molecular formula is C23H14Cl2O2. The summed E-state index contributed by atoms with van der Waals surface area (Å²) in [7, 11) is 0. The second kappa shape index (κ2) is 7.43. The van der Waals surface area contributed by atoms with Gasteiger partial charge in [-0.1, -0.05) is 71.7 Å². The lowest BCUT2D eigenvalue weighted by atomic mass is 10.0. The van der Waals surface area contributed by atoms with Gasteiger partial charge in [0.2, 0.25) is 0 Å². The first-order valence-corrected chi connectivity index (χ1v) is 9.13. The van der Waals surface area contributed by atoms with Gasteiger partial charge in [0.05, 0.1) is 15.6 Å². The van der Waals surface area contributed by atoms with E-state index in [0.29, 0.717) is 32.7 Å². The maximum Gasteiger partial charge on any atom is 0.186 e. The molecule has 0 fully saturated rings. The Labute approximate surface area is 166 Å². The van der Waals surface area contributed by atoms with Gasteiger partial charge in [-0.25, -0.2) is 0 Å². The lowest BCUT2D eigenvalue weighted by Gasteiger charge is -2.03. The molecule has 0 saturated heterocycles. The summed E-state index contributed by atoms with van der Waals surface area (Å²) in [6.45, 7) is 0. The van der Waals surface area contributed by atoms with E-state index in [2.05, 4.69) is 0 Å². The van der Waals surface area contributed by atoms with E-state index >= 15 is 0 Å². The topological polar surface area (TPSA) is 30.2 Å². The molecule has 0 bridgehead atoms. The Bertz CT molecular complexity index is 1150. The van der Waals surface area contributed by atoms with Crippen molar-refractivity contribution < 1.29 is 9.21 Å². The highest BCUT2D eigenvalue weighted by molar-refractivity contribution is 6.39. The molecule has 0 aliphatic rings. The molecule has 4 heteroatoms. The molecule has 0 aliphatic heterocycles. The van der Waals surface area contributed by atoms with Crippen molar-refractivity contribution in [3.05, 3.63) is 100 Å². The van der Waals surface area contributed by atoms with Crippen LogP contribution in [0.15, 0.2) is 83.3 Å². The fraction of sp³-hybridized carbons (Fsp3) is 0. The summed E-state index contributed by atoms with van der Waals surface area (Å²) >= 11 is 12.4. The van der Waals surface area contributed by atoms with Crippen molar-refractivity contribution in [2.24, 2.45) is 0 Å². The molecule has 0 spiro atoms. The number of allylic oxidation sites excluding steroid dienone is 1. The summed E-state index contributed by atoms with van der Waals surface area (Å²) < 4.78 is 5.80. The molecule has 1 heterocycles. The van der Waals surface area contributed by atoms with Gasteiger partial charge in [-0.2, -0.15) is 0 Å². The SMILES string of the molecule is O=C(/C=C/c1ccc(-c2c(Cl)cccc2Cl)o1)c1cccc2ccccc12. The van der Waals surface area contributed by atoms with Gasteiger partial charge in [0, 0.05) is 5.56 Å². The molecule has 0 atom stereocenters. The third-order valence-electron chi connectivity index (χ3n) is 4.29. The van der Waals surface area contributed by atoms with Gasteiger partial charge >= 0.3 is 0 Å². The van der Waals surface area contributed by atoms with Gasteiger partial charge in [-0.3, -0.25) is 4.79 Å². The Morgan fingerprint density at radius 3 is 2.33 bits per heavy atom. The lowest BCUT2D eigenvalue weighted by molar-refractivity contribution is 0.104. The molecule has 0 aliphatic carbocycles. The van der Waals surface area contributed by atoms with Crippen molar-refractivity contribution in [3.8, 4) is 11.3 Å². The zero-order valence-corrected chi connectivity index (χ0v) is 15.7. The maximum absolute atomic E-state index is 12.6. The minimum absolute atomic E-state index is 0.0828. The first-order chi connectivity index (χ1) is 13.1. The van der Waals surface area contributed by atoms with E-state index in [0.717, 1.165) is 10.8 Å². The van der Waals surface area contributed by atoms with Crippen molar-refractivity contribution in [1.82, 2.24) is 0 Å². The van der Waals surface area contributed by atoms with Crippen LogP contribution in [0.1, 0.15) is 16.1 Å². The monoisotopic (exact) mass is 392 g/mol. The average Bonchev–Trinajstić information content (AvgIpc) is 3.14. The molecule has 132 valence electrons. The maximum atomic E-state index is 12.6. The molecule has 0 N–H and O–H groups in total. The van der Waals surface area contributed by atoms with Crippen molar-refractivity contribution in [2.45, 2.75) is 0 Å². The first kappa shape index (κ1) is 17.6. The number of furan rings is 1. The average molecular weight is 393 g/mol. The summed E-state index contributed by atoms with van der Waals surface area (Å²) in [6, 6.07) is 22.4. The predicted molar refractivity (Wildman–Crippen MR) is 111 cm³/mol. The van der Waals surface area contributed by atoms with E-state index < -0.39 is 0 Å². The van der Waals surface area contributed by atoms with Crippen LogP contribution in [0.5, 0.6) is 0 Å². The second-order valence-corrected chi connectivity index (χ2v) is 6.84. The van der Waals surface area contributed by atoms with Crippen molar-refractivity contribution in [3.63, 3.8) is 0 Å². The quantitative estimate of drug-likeness (QED) is 0.269. The molecule has 3 aromatic carbocycles. The Morgan fingerprint density at radius 1 is 0.815 bits per heavy atom. The summed E-state index contributed by atoms with van der Waals surface area (Å²) in [4.78, 5) is 12.6. The number of benzene rings is 3. The smallest absolute Gasteiger partial charge is 0.186 e. The predicted octanol–water partition coefficient (Wildman–Crippen LogP) is 7.30. The van der Waals surface area contributed by atoms with Crippen LogP contribution in [0.25, 0.3) is 28.2 Å². The van der Waals surface area contributed by atoms with Crippen molar-refractivity contribution in [1.29, 1.82) is 0 Å². The number of fused-ring (bicyclic) bond motifs is 1. The fourth-order valence-corrected chi connectivity index (χ4v) is 3.58. The summed E-state index contributed by atoms with van der Waals surface area (Å²) in [5.74, 6) is 1.03. The van der Waals surface area contributed by atoms with Gasteiger partial charge in [-0.15, -0.1) is 0 Å². The third-order valence-corrected chi connectivity index (χ3v) is 4.92. The number of hydrogen-bond acceptors (Lipinski definition) is 2. The normalized spacial score (nSPS) is 11.3. The van der Waals surface area contributed by atoms with Crippen LogP contribution in [0.2, 0.25) is 10.0 Å². The highest BCUT2D eigenvalue weighted by Gasteiger charge is 2.12. The fourth-order valence-electron chi connectivity index (χ4n) is 3.00. The minimum Gasteiger partial charge on any atom is -0.457 e. The molecule has 1 aromatic heterocycles. The summed E-state index contributed by atoms with van der Waals surface area (Å²) in [6.07, 6.45) is 3.16. The number of hydrogen-bond donors (Lipinski definition) is 0. The van der Waals surface area contributed by atoms with Gasteiger partial charge in [0.15, 0.2) is 5.78 Å². The number of ketones is 1. The Balaban J connectivity index is 1.62. The van der Waals surface area contributed by atoms with E-state index in [1.54, 1.807) is 36.4 Å². The van der Waals surface area contributed by atoms with Crippen molar-refractivity contribution in [2.75, 3.05) is 0 Å². The number of rotatable bonds is 4. The molecule has 0 radical (unpaired) electrons. The zero-order chi connectivity index (χ0) is 18.8. The van der Waals surface area contributed by atoms with Crippen LogP contribution in [-0.2, 0) is 0 Å². The zero-order valence-electron chi connectivity index (χ0n) is 14.2. The Hall–Kier alpha value is -2.81. The van der Waals surface area contributed by atoms with E-state index in [-0.39, 0.29) is 5.78 Å². The number of carbonyl (C=O) groups excluding carboxylic acids is 1. The molecule has 27 heavy (non-hydrogen) atoms. The minimum atomic E-state index is -0.0828. The van der Waals surface area contributed by atoms with E-state index in [4.69, 9.17) is 27.6 Å². The van der Waals surface area contributed by atoms with Gasteiger partial charge in [0.1, 0.15) is 11.5 Å². The number of halogens is 2. The highest BCUT2D eigenvalue weighted by Crippen LogP contribution is 2.35. The van der Waals surface area contributed by atoms with E-state index in [9.17, 15) is 4.79 Å². The van der Waals surface area contributed by atoms with Crippen molar-refractivity contribution >= 4 is 45.8 Å². The van der Waals surface area contributed by atoms with Crippen LogP contribution in [-0.4, -0.2) is 5.78 Å². The standard InChI is InChI=1S/C23H14Cl2O2/c24-19-9-4-10-20(25)23(19)22-14-12-16(27-22)11-13-21(26)18-8-3-6-15-5-1-2-7-17(15)18/h1-14H/b13-11+. The molecule has 4 rings (SSSR count). The van der Waals surface area contributed by atoms with Gasteiger partial charge in [0.25, 0.3) is 0 Å². The molecule has 4 aromatic rings. The molecular weight excluding hydrogens is 379 g/mol.